The monoisotopic (exact) mass is 689 g/mol. The second kappa shape index (κ2) is 15.6. The number of carboxylic acids is 1. The van der Waals surface area contributed by atoms with Gasteiger partial charge in [0.05, 0.1) is 12.1 Å². The zero-order valence-corrected chi connectivity index (χ0v) is 27.6. The molecule has 1 saturated carbocycles. The van der Waals surface area contributed by atoms with Crippen LogP contribution in [-0.4, -0.2) is 67.8 Å². The molecule has 1 aromatic heterocycles. The van der Waals surface area contributed by atoms with Gasteiger partial charge in [-0.05, 0) is 74.2 Å². The Morgan fingerprint density at radius 1 is 1.04 bits per heavy atom. The first-order valence-corrected chi connectivity index (χ1v) is 16.0. The zero-order chi connectivity index (χ0) is 34.3. The maximum absolute atomic E-state index is 14.2. The number of aliphatic carboxylic acids is 1. The van der Waals surface area contributed by atoms with Gasteiger partial charge in [-0.3, -0.25) is 9.59 Å². The molecule has 47 heavy (non-hydrogen) atoms. The molecule has 5 rings (SSSR count). The van der Waals surface area contributed by atoms with Crippen LogP contribution in [-0.2, 0) is 16.1 Å². The van der Waals surface area contributed by atoms with Crippen LogP contribution in [0.5, 0.6) is 5.75 Å². The van der Waals surface area contributed by atoms with Crippen molar-refractivity contribution in [2.75, 3.05) is 26.1 Å². The molecule has 13 heteroatoms. The molecule has 1 heterocycles. The van der Waals surface area contributed by atoms with Crippen molar-refractivity contribution in [3.8, 4) is 16.9 Å². The van der Waals surface area contributed by atoms with Gasteiger partial charge in [0.1, 0.15) is 10.6 Å². The van der Waals surface area contributed by atoms with Gasteiger partial charge in [0.25, 0.3) is 5.91 Å². The smallest absolute Gasteiger partial charge is 0.490 e. The average Bonchev–Trinajstić information content (AvgIpc) is 3.42. The molecular weight excluding hydrogens is 655 g/mol. The van der Waals surface area contributed by atoms with E-state index in [1.54, 1.807) is 14.2 Å². The summed E-state index contributed by atoms with van der Waals surface area (Å²) in [7, 11) is 5.40. The Labute approximate surface area is 279 Å². The van der Waals surface area contributed by atoms with Crippen molar-refractivity contribution in [2.24, 2.45) is 0 Å². The first-order valence-electron chi connectivity index (χ1n) is 14.8. The van der Waals surface area contributed by atoms with E-state index in [0.29, 0.717) is 22.5 Å². The van der Waals surface area contributed by atoms with Gasteiger partial charge in [0.15, 0.2) is 0 Å². The van der Waals surface area contributed by atoms with Gasteiger partial charge < -0.3 is 25.0 Å². The summed E-state index contributed by atoms with van der Waals surface area (Å²) in [6.07, 6.45) is -0.409. The topological polar surface area (TPSA) is 99.2 Å². The van der Waals surface area contributed by atoms with E-state index in [4.69, 9.17) is 26.2 Å². The number of hydrogen-bond acceptors (Lipinski definition) is 6. The fourth-order valence-electron chi connectivity index (χ4n) is 5.54. The van der Waals surface area contributed by atoms with Crippen LogP contribution >= 0.6 is 22.9 Å². The number of thiophene rings is 1. The standard InChI is InChI=1S/C32H34ClN3O3S.C2HF3O2/c1-34-24-11-15-26(16-12-24)36(32(38)31-30(33)27-6-4-5-7-29(27)40-31)19-23-18-22(10-17-28(23)39-3)21-8-13-25(14-9-21)35(2)20-37;3-2(4,5)1(6)7/h4-10,13-14,17-18,20,24,26,34H,11-12,15-16,19H2,1-3H3;(H,6,7). The molecule has 2 N–H and O–H groups in total. The van der Waals surface area contributed by atoms with Crippen LogP contribution in [0.15, 0.2) is 66.7 Å². The van der Waals surface area contributed by atoms with Gasteiger partial charge in [-0.1, -0.05) is 48.0 Å². The highest BCUT2D eigenvalue weighted by Gasteiger charge is 2.38. The molecule has 8 nitrogen and oxygen atoms in total. The molecule has 1 fully saturated rings. The minimum Gasteiger partial charge on any atom is -0.496 e. The van der Waals surface area contributed by atoms with Crippen molar-refractivity contribution in [3.05, 3.63) is 82.2 Å². The number of halogens is 4. The van der Waals surface area contributed by atoms with E-state index in [1.807, 2.05) is 72.6 Å². The maximum Gasteiger partial charge on any atom is 0.490 e. The number of alkyl halides is 3. The summed E-state index contributed by atoms with van der Waals surface area (Å²) in [5.74, 6) is -2.05. The number of hydrogen-bond donors (Lipinski definition) is 2. The van der Waals surface area contributed by atoms with Crippen LogP contribution in [0.2, 0.25) is 5.02 Å². The molecule has 0 spiro atoms. The minimum atomic E-state index is -5.08. The van der Waals surface area contributed by atoms with Gasteiger partial charge in [0.2, 0.25) is 6.41 Å². The molecule has 1 aliphatic carbocycles. The highest BCUT2D eigenvalue weighted by Crippen LogP contribution is 2.38. The fraction of sp³-hybridized carbons (Fsp3) is 0.324. The zero-order valence-electron chi connectivity index (χ0n) is 26.0. The first-order chi connectivity index (χ1) is 22.4. The Balaban J connectivity index is 0.000000644. The summed E-state index contributed by atoms with van der Waals surface area (Å²) in [5, 5.41) is 12.0. The number of rotatable bonds is 9. The van der Waals surface area contributed by atoms with E-state index in [1.165, 1.54) is 16.2 Å². The molecule has 0 aliphatic heterocycles. The third-order valence-corrected chi connectivity index (χ3v) is 9.83. The minimum absolute atomic E-state index is 0.0344. The van der Waals surface area contributed by atoms with Gasteiger partial charge in [0, 0.05) is 47.0 Å². The predicted molar refractivity (Wildman–Crippen MR) is 178 cm³/mol. The number of carbonyl (C=O) groups is 3. The van der Waals surface area contributed by atoms with Gasteiger partial charge in [-0.2, -0.15) is 13.2 Å². The lowest BCUT2D eigenvalue weighted by atomic mass is 9.89. The maximum atomic E-state index is 14.2. The lowest BCUT2D eigenvalue weighted by Crippen LogP contribution is -2.44. The lowest BCUT2D eigenvalue weighted by Gasteiger charge is -2.37. The first kappa shape index (κ1) is 35.7. The summed E-state index contributed by atoms with van der Waals surface area (Å²) in [4.78, 5) is 38.4. The number of carbonyl (C=O) groups excluding carboxylic acids is 2. The van der Waals surface area contributed by atoms with Crippen molar-refractivity contribution in [1.29, 1.82) is 0 Å². The Kier molecular flexibility index (Phi) is 11.9. The Morgan fingerprint density at radius 3 is 2.21 bits per heavy atom. The quantitative estimate of drug-likeness (QED) is 0.175. The summed E-state index contributed by atoms with van der Waals surface area (Å²) < 4.78 is 38.5. The summed E-state index contributed by atoms with van der Waals surface area (Å²) >= 11 is 8.26. The summed E-state index contributed by atoms with van der Waals surface area (Å²) in [5.41, 5.74) is 3.80. The fourth-order valence-corrected chi connectivity index (χ4v) is 7.01. The van der Waals surface area contributed by atoms with Crippen LogP contribution < -0.4 is 15.0 Å². The number of amides is 2. The summed E-state index contributed by atoms with van der Waals surface area (Å²) in [6.45, 7) is 0.418. The van der Waals surface area contributed by atoms with Crippen molar-refractivity contribution in [2.45, 2.75) is 50.5 Å². The number of nitrogens with zero attached hydrogens (tertiary/aromatic N) is 2. The molecule has 2 amide bonds. The normalized spacial score (nSPS) is 16.1. The van der Waals surface area contributed by atoms with E-state index in [9.17, 15) is 22.8 Å². The highest BCUT2D eigenvalue weighted by molar-refractivity contribution is 7.21. The molecule has 3 aromatic carbocycles. The van der Waals surface area contributed by atoms with Crippen LogP contribution in [0.3, 0.4) is 0 Å². The molecule has 250 valence electrons. The number of carboxylic acid groups (broad SMARTS) is 1. The van der Waals surface area contributed by atoms with E-state index < -0.39 is 12.1 Å². The molecular formula is C34H35ClF3N3O5S. The van der Waals surface area contributed by atoms with E-state index in [-0.39, 0.29) is 11.9 Å². The largest absolute Gasteiger partial charge is 0.496 e. The van der Waals surface area contributed by atoms with Crippen molar-refractivity contribution < 1.29 is 37.4 Å². The molecule has 0 unspecified atom stereocenters. The number of methoxy groups -OCH3 is 1. The molecule has 0 atom stereocenters. The number of anilines is 1. The van der Waals surface area contributed by atoms with Crippen molar-refractivity contribution in [3.63, 3.8) is 0 Å². The predicted octanol–water partition coefficient (Wildman–Crippen LogP) is 7.63. The van der Waals surface area contributed by atoms with E-state index in [0.717, 1.165) is 70.3 Å². The Bertz CT molecular complexity index is 1710. The number of fused-ring (bicyclic) bond motifs is 1. The molecule has 0 radical (unpaired) electrons. The Morgan fingerprint density at radius 2 is 1.66 bits per heavy atom. The molecule has 0 saturated heterocycles. The van der Waals surface area contributed by atoms with Gasteiger partial charge >= 0.3 is 12.1 Å². The highest BCUT2D eigenvalue weighted by atomic mass is 35.5. The van der Waals surface area contributed by atoms with Crippen LogP contribution in [0.4, 0.5) is 18.9 Å². The van der Waals surface area contributed by atoms with Gasteiger partial charge in [-0.15, -0.1) is 11.3 Å². The third kappa shape index (κ3) is 8.62. The number of ether oxygens (including phenoxy) is 1. The SMILES string of the molecule is CNC1CCC(N(Cc2cc(-c3ccc(N(C)C=O)cc3)ccc2OC)C(=O)c2sc3ccccc3c2Cl)CC1.O=C(O)C(F)(F)F. The molecule has 0 bridgehead atoms. The van der Waals surface area contributed by atoms with Crippen LogP contribution in [0, 0.1) is 0 Å². The number of nitrogens with one attached hydrogen (secondary N) is 1. The van der Waals surface area contributed by atoms with Crippen LogP contribution in [0.25, 0.3) is 21.2 Å². The molecule has 4 aromatic rings. The van der Waals surface area contributed by atoms with Crippen molar-refractivity contribution in [1.82, 2.24) is 10.2 Å². The second-order valence-corrected chi connectivity index (χ2v) is 12.5. The van der Waals surface area contributed by atoms with E-state index in [2.05, 4.69) is 11.4 Å². The molecule has 1 aliphatic rings. The Hall–Kier alpha value is -4.13. The van der Waals surface area contributed by atoms with Gasteiger partial charge in [-0.25, -0.2) is 4.79 Å². The average molecular weight is 690 g/mol. The van der Waals surface area contributed by atoms with Crippen molar-refractivity contribution >= 4 is 57.0 Å². The number of benzene rings is 3. The van der Waals surface area contributed by atoms with E-state index >= 15 is 0 Å². The summed E-state index contributed by atoms with van der Waals surface area (Å²) in [6, 6.07) is 22.4. The third-order valence-electron chi connectivity index (χ3n) is 8.17. The lowest BCUT2D eigenvalue weighted by molar-refractivity contribution is -0.192. The second-order valence-electron chi connectivity index (χ2n) is 11.1. The van der Waals surface area contributed by atoms with Crippen LogP contribution in [0.1, 0.15) is 40.9 Å².